The first-order chi connectivity index (χ1) is 15.3. The van der Waals surface area contributed by atoms with Gasteiger partial charge >= 0.3 is 11.9 Å². The van der Waals surface area contributed by atoms with E-state index in [4.69, 9.17) is 9.47 Å². The predicted molar refractivity (Wildman–Crippen MR) is 123 cm³/mol. The zero-order valence-electron chi connectivity index (χ0n) is 19.1. The van der Waals surface area contributed by atoms with E-state index >= 15 is 0 Å². The lowest BCUT2D eigenvalue weighted by atomic mass is 9.65. The second kappa shape index (κ2) is 10.0. The average Bonchev–Trinajstić information content (AvgIpc) is 2.74. The molecule has 0 saturated heterocycles. The number of nitrogens with one attached hydrogen (secondary N) is 1. The van der Waals surface area contributed by atoms with E-state index < -0.39 is 29.4 Å². The largest absolute Gasteiger partial charge is 0.466 e. The van der Waals surface area contributed by atoms with Crippen molar-refractivity contribution in [1.29, 1.82) is 0 Å². The minimum Gasteiger partial charge on any atom is -0.466 e. The third kappa shape index (κ3) is 5.02. The Morgan fingerprint density at radius 3 is 2.25 bits per heavy atom. The third-order valence-electron chi connectivity index (χ3n) is 5.72. The number of para-hydroxylation sites is 1. The van der Waals surface area contributed by atoms with Gasteiger partial charge < -0.3 is 19.9 Å². The molecule has 0 amide bonds. The van der Waals surface area contributed by atoms with E-state index in [9.17, 15) is 14.7 Å². The molecule has 0 fully saturated rings. The molecule has 32 heavy (non-hydrogen) atoms. The minimum atomic E-state index is -1.45. The van der Waals surface area contributed by atoms with Crippen LogP contribution < -0.4 is 5.32 Å². The maximum Gasteiger partial charge on any atom is 0.336 e. The van der Waals surface area contributed by atoms with Crippen molar-refractivity contribution >= 4 is 17.6 Å². The summed E-state index contributed by atoms with van der Waals surface area (Å²) in [6, 6.07) is 17.0. The summed E-state index contributed by atoms with van der Waals surface area (Å²) >= 11 is 0. The molecule has 1 aliphatic carbocycles. The molecule has 2 N–H and O–H groups in total. The number of aryl methyl sites for hydroxylation is 1. The zero-order valence-corrected chi connectivity index (χ0v) is 19.1. The molecule has 0 saturated carbocycles. The molecule has 170 valence electrons. The van der Waals surface area contributed by atoms with Crippen LogP contribution in [0.2, 0.25) is 0 Å². The molecule has 0 spiro atoms. The second-order valence-corrected chi connectivity index (χ2v) is 8.26. The highest BCUT2D eigenvalue weighted by atomic mass is 16.5. The molecule has 0 heterocycles. The number of hydrogen-bond donors (Lipinski definition) is 2. The average molecular weight is 438 g/mol. The first-order valence-corrected chi connectivity index (χ1v) is 11.0. The molecule has 0 radical (unpaired) electrons. The summed E-state index contributed by atoms with van der Waals surface area (Å²) in [5.41, 5.74) is 1.99. The van der Waals surface area contributed by atoms with E-state index in [-0.39, 0.29) is 19.6 Å². The summed E-state index contributed by atoms with van der Waals surface area (Å²) in [4.78, 5) is 26.3. The Balaban J connectivity index is 2.23. The van der Waals surface area contributed by atoms with Crippen molar-refractivity contribution in [3.8, 4) is 0 Å². The Morgan fingerprint density at radius 1 is 1.03 bits per heavy atom. The normalized spacial score (nSPS) is 22.9. The summed E-state index contributed by atoms with van der Waals surface area (Å²) in [5.74, 6) is -2.75. The van der Waals surface area contributed by atoms with E-state index in [0.717, 1.165) is 16.8 Å². The predicted octanol–water partition coefficient (Wildman–Crippen LogP) is 4.34. The Hall–Kier alpha value is -3.12. The van der Waals surface area contributed by atoms with Crippen molar-refractivity contribution in [3.63, 3.8) is 0 Å². The van der Waals surface area contributed by atoms with Crippen molar-refractivity contribution in [2.45, 2.75) is 45.6 Å². The first-order valence-electron chi connectivity index (χ1n) is 11.0. The maximum atomic E-state index is 13.2. The van der Waals surface area contributed by atoms with Crippen LogP contribution >= 0.6 is 0 Å². The molecule has 0 aromatic heterocycles. The molecule has 0 bridgehead atoms. The summed E-state index contributed by atoms with van der Waals surface area (Å²) in [7, 11) is 0. The van der Waals surface area contributed by atoms with Gasteiger partial charge in [0.25, 0.3) is 0 Å². The Labute approximate surface area is 189 Å². The van der Waals surface area contributed by atoms with Gasteiger partial charge in [-0.05, 0) is 45.4 Å². The second-order valence-electron chi connectivity index (χ2n) is 8.26. The first kappa shape index (κ1) is 23.5. The molecular formula is C26H31NO5. The van der Waals surface area contributed by atoms with E-state index in [1.54, 1.807) is 20.8 Å². The van der Waals surface area contributed by atoms with Crippen LogP contribution in [0.25, 0.3) is 0 Å². The van der Waals surface area contributed by atoms with Crippen molar-refractivity contribution in [3.05, 3.63) is 77.0 Å². The number of carbonyl (C=O) groups is 2. The van der Waals surface area contributed by atoms with Gasteiger partial charge in [0.1, 0.15) is 0 Å². The standard InChI is InChI=1S/C26H31NO5/c1-5-31-24(28)22-20(27-19-10-8-7-9-11-19)16-26(4,30)23(25(29)32-6-2)21(22)18-14-12-17(3)13-15-18/h7-15,21,23,27,30H,5-6,16H2,1-4H3/t21-,23+,26+/m0/s1. The Morgan fingerprint density at radius 2 is 1.66 bits per heavy atom. The van der Waals surface area contributed by atoms with Gasteiger partial charge in [-0.25, -0.2) is 4.79 Å². The molecule has 2 aromatic carbocycles. The SMILES string of the molecule is CCOC(=O)C1=C(Nc2ccccc2)C[C@@](C)(O)[C@@H](C(=O)OCC)[C@H]1c1ccc(C)cc1. The molecule has 0 aliphatic heterocycles. The number of benzene rings is 2. The van der Waals surface area contributed by atoms with Gasteiger partial charge in [-0.1, -0.05) is 48.0 Å². The van der Waals surface area contributed by atoms with Gasteiger partial charge in [0.05, 0.1) is 30.3 Å². The number of carbonyl (C=O) groups excluding carboxylic acids is 2. The van der Waals surface area contributed by atoms with Crippen LogP contribution in [0.15, 0.2) is 65.9 Å². The molecule has 1 aliphatic rings. The fraction of sp³-hybridized carbons (Fsp3) is 0.385. The Kier molecular flexibility index (Phi) is 7.36. The van der Waals surface area contributed by atoms with Gasteiger partial charge in [0, 0.05) is 23.7 Å². The number of rotatable bonds is 7. The molecule has 6 nitrogen and oxygen atoms in total. The number of aliphatic hydroxyl groups is 1. The smallest absolute Gasteiger partial charge is 0.336 e. The quantitative estimate of drug-likeness (QED) is 0.627. The van der Waals surface area contributed by atoms with Crippen LogP contribution in [-0.2, 0) is 19.1 Å². The summed E-state index contributed by atoms with van der Waals surface area (Å²) in [6.07, 6.45) is 0.0713. The summed E-state index contributed by atoms with van der Waals surface area (Å²) in [5, 5.41) is 14.8. The lowest BCUT2D eigenvalue weighted by Crippen LogP contribution is -2.49. The van der Waals surface area contributed by atoms with Gasteiger partial charge in [-0.3, -0.25) is 4.79 Å². The molecule has 2 aromatic rings. The van der Waals surface area contributed by atoms with Crippen molar-refractivity contribution in [1.82, 2.24) is 0 Å². The fourth-order valence-corrected chi connectivity index (χ4v) is 4.30. The van der Waals surface area contributed by atoms with E-state index in [2.05, 4.69) is 5.32 Å². The lowest BCUT2D eigenvalue weighted by molar-refractivity contribution is -0.159. The van der Waals surface area contributed by atoms with E-state index in [0.29, 0.717) is 11.3 Å². The third-order valence-corrected chi connectivity index (χ3v) is 5.72. The summed E-state index contributed by atoms with van der Waals surface area (Å²) < 4.78 is 10.8. The van der Waals surface area contributed by atoms with Crippen LogP contribution in [0.5, 0.6) is 0 Å². The monoisotopic (exact) mass is 437 g/mol. The van der Waals surface area contributed by atoms with Crippen LogP contribution in [0.1, 0.15) is 44.2 Å². The van der Waals surface area contributed by atoms with Crippen molar-refractivity contribution in [2.75, 3.05) is 18.5 Å². The van der Waals surface area contributed by atoms with Gasteiger partial charge in [-0.2, -0.15) is 0 Å². The number of esters is 2. The molecular weight excluding hydrogens is 406 g/mol. The van der Waals surface area contributed by atoms with Crippen LogP contribution in [0.4, 0.5) is 5.69 Å². The van der Waals surface area contributed by atoms with E-state index in [1.807, 2.05) is 61.5 Å². The highest BCUT2D eigenvalue weighted by Crippen LogP contribution is 2.48. The highest BCUT2D eigenvalue weighted by molar-refractivity contribution is 5.94. The topological polar surface area (TPSA) is 84.9 Å². The zero-order chi connectivity index (χ0) is 23.3. The molecule has 3 atom stereocenters. The Bertz CT molecular complexity index is 979. The van der Waals surface area contributed by atoms with Gasteiger partial charge in [0.2, 0.25) is 0 Å². The van der Waals surface area contributed by atoms with Crippen molar-refractivity contribution in [2.24, 2.45) is 5.92 Å². The number of anilines is 1. The fourth-order valence-electron chi connectivity index (χ4n) is 4.30. The lowest BCUT2D eigenvalue weighted by Gasteiger charge is -2.43. The van der Waals surface area contributed by atoms with E-state index in [1.165, 1.54) is 0 Å². The van der Waals surface area contributed by atoms with Crippen LogP contribution in [0, 0.1) is 12.8 Å². The van der Waals surface area contributed by atoms with Crippen molar-refractivity contribution < 1.29 is 24.2 Å². The van der Waals surface area contributed by atoms with Crippen LogP contribution in [0.3, 0.4) is 0 Å². The molecule has 0 unspecified atom stereocenters. The number of ether oxygens (including phenoxy) is 2. The van der Waals surface area contributed by atoms with Gasteiger partial charge in [-0.15, -0.1) is 0 Å². The molecule has 6 heteroatoms. The van der Waals surface area contributed by atoms with Gasteiger partial charge in [0.15, 0.2) is 0 Å². The highest BCUT2D eigenvalue weighted by Gasteiger charge is 2.52. The summed E-state index contributed by atoms with van der Waals surface area (Å²) in [6.45, 7) is 7.42. The minimum absolute atomic E-state index is 0.0713. The number of hydrogen-bond acceptors (Lipinski definition) is 6. The maximum absolute atomic E-state index is 13.2. The molecule has 3 rings (SSSR count). The van der Waals surface area contributed by atoms with Crippen LogP contribution in [-0.4, -0.2) is 35.9 Å².